The van der Waals surface area contributed by atoms with Crippen LogP contribution in [0.1, 0.15) is 76.9 Å². The number of anilines is 1. The lowest BCUT2D eigenvalue weighted by atomic mass is 9.67. The van der Waals surface area contributed by atoms with Crippen LogP contribution in [-0.2, 0) is 32.0 Å². The van der Waals surface area contributed by atoms with Crippen molar-refractivity contribution in [1.29, 1.82) is 0 Å². The molecule has 0 saturated heterocycles. The van der Waals surface area contributed by atoms with Gasteiger partial charge in [0.05, 0.1) is 11.5 Å². The standard InChI is InChI=1S/C28H31NO5S/c1-16-9-11-17(12-10-16)26(32)24-21-7-2-3-8-22(21)35-27(24)29-23(30)15-34-28(33)20-13-18-5-4-6-19(14-20)25(18)31/h9-12,18-20H,2-8,13-15H2,1H3,(H,29,30). The van der Waals surface area contributed by atoms with Gasteiger partial charge < -0.3 is 10.1 Å². The molecule has 5 rings (SSSR count). The number of thiophene rings is 1. The second-order valence-electron chi connectivity index (χ2n) is 10.2. The Morgan fingerprint density at radius 1 is 1.00 bits per heavy atom. The molecule has 184 valence electrons. The fourth-order valence-electron chi connectivity index (χ4n) is 5.83. The molecule has 1 aromatic heterocycles. The Morgan fingerprint density at radius 2 is 1.69 bits per heavy atom. The normalized spacial score (nSPS) is 23.3. The minimum absolute atomic E-state index is 0.0401. The van der Waals surface area contributed by atoms with E-state index in [2.05, 4.69) is 5.32 Å². The minimum Gasteiger partial charge on any atom is -0.455 e. The number of fused-ring (bicyclic) bond motifs is 3. The Hall–Kier alpha value is -2.80. The molecular weight excluding hydrogens is 462 g/mol. The average Bonchev–Trinajstić information content (AvgIpc) is 3.20. The summed E-state index contributed by atoms with van der Waals surface area (Å²) in [7, 11) is 0. The number of nitrogens with one attached hydrogen (secondary N) is 1. The van der Waals surface area contributed by atoms with Crippen LogP contribution < -0.4 is 5.32 Å². The maximum absolute atomic E-state index is 13.4. The summed E-state index contributed by atoms with van der Waals surface area (Å²) in [6.07, 6.45) is 7.62. The molecule has 1 aromatic carbocycles. The molecular formula is C28H31NO5S. The molecule has 1 amide bonds. The van der Waals surface area contributed by atoms with E-state index in [4.69, 9.17) is 4.74 Å². The highest BCUT2D eigenvalue weighted by Crippen LogP contribution is 2.41. The second-order valence-corrected chi connectivity index (χ2v) is 11.3. The lowest BCUT2D eigenvalue weighted by Crippen LogP contribution is -2.40. The number of aryl methyl sites for hydroxylation is 2. The van der Waals surface area contributed by atoms with E-state index >= 15 is 0 Å². The zero-order valence-corrected chi connectivity index (χ0v) is 20.9. The molecule has 2 bridgehead atoms. The SMILES string of the molecule is Cc1ccc(C(=O)c2c(NC(=O)COC(=O)C3CC4CCCC(C3)C4=O)sc3c2CCCC3)cc1. The minimum atomic E-state index is -0.443. The molecule has 0 aliphatic heterocycles. The van der Waals surface area contributed by atoms with Gasteiger partial charge in [-0.1, -0.05) is 36.2 Å². The maximum atomic E-state index is 13.4. The van der Waals surface area contributed by atoms with Crippen molar-refractivity contribution in [2.24, 2.45) is 17.8 Å². The summed E-state index contributed by atoms with van der Waals surface area (Å²) in [5, 5.41) is 3.41. The molecule has 2 aromatic rings. The smallest absolute Gasteiger partial charge is 0.309 e. The van der Waals surface area contributed by atoms with Crippen molar-refractivity contribution < 1.29 is 23.9 Å². The zero-order valence-electron chi connectivity index (χ0n) is 20.1. The summed E-state index contributed by atoms with van der Waals surface area (Å²) in [5.41, 5.74) is 3.29. The van der Waals surface area contributed by atoms with Crippen LogP contribution in [-0.4, -0.2) is 30.0 Å². The summed E-state index contributed by atoms with van der Waals surface area (Å²) in [5.74, 6) is -1.03. The number of carbonyl (C=O) groups is 4. The first kappa shape index (κ1) is 23.9. The average molecular weight is 494 g/mol. The van der Waals surface area contributed by atoms with E-state index in [-0.39, 0.29) is 30.1 Å². The van der Waals surface area contributed by atoms with Crippen LogP contribution in [0.5, 0.6) is 0 Å². The van der Waals surface area contributed by atoms with E-state index in [0.717, 1.165) is 60.9 Å². The van der Waals surface area contributed by atoms with E-state index in [1.807, 2.05) is 31.2 Å². The first-order valence-electron chi connectivity index (χ1n) is 12.7. The number of carbonyl (C=O) groups excluding carboxylic acids is 4. The van der Waals surface area contributed by atoms with Crippen molar-refractivity contribution in [2.75, 3.05) is 11.9 Å². The molecule has 1 heterocycles. The molecule has 2 unspecified atom stereocenters. The highest BCUT2D eigenvalue weighted by molar-refractivity contribution is 7.17. The van der Waals surface area contributed by atoms with E-state index in [1.165, 1.54) is 11.3 Å². The third kappa shape index (κ3) is 4.96. The van der Waals surface area contributed by atoms with Gasteiger partial charge in [0.2, 0.25) is 0 Å². The predicted molar refractivity (Wildman–Crippen MR) is 134 cm³/mol. The molecule has 3 aliphatic rings. The third-order valence-electron chi connectivity index (χ3n) is 7.69. The van der Waals surface area contributed by atoms with Crippen molar-refractivity contribution >= 4 is 39.8 Å². The van der Waals surface area contributed by atoms with E-state index in [9.17, 15) is 19.2 Å². The number of hydrogen-bond acceptors (Lipinski definition) is 6. The lowest BCUT2D eigenvalue weighted by molar-refractivity contribution is -0.155. The van der Waals surface area contributed by atoms with Crippen molar-refractivity contribution in [1.82, 2.24) is 0 Å². The summed E-state index contributed by atoms with van der Waals surface area (Å²) >= 11 is 1.46. The quantitative estimate of drug-likeness (QED) is 0.450. The molecule has 3 aliphatic carbocycles. The van der Waals surface area contributed by atoms with Crippen LogP contribution in [0.4, 0.5) is 5.00 Å². The van der Waals surface area contributed by atoms with Crippen LogP contribution in [0.25, 0.3) is 0 Å². The fourth-order valence-corrected chi connectivity index (χ4v) is 7.14. The monoisotopic (exact) mass is 493 g/mol. The van der Waals surface area contributed by atoms with Crippen LogP contribution in [0.2, 0.25) is 0 Å². The maximum Gasteiger partial charge on any atom is 0.309 e. The summed E-state index contributed by atoms with van der Waals surface area (Å²) < 4.78 is 5.37. The van der Waals surface area contributed by atoms with Crippen LogP contribution in [0.3, 0.4) is 0 Å². The number of Topliss-reactive ketones (excluding diaryl/α,β-unsaturated/α-hetero) is 1. The van der Waals surface area contributed by atoms with E-state index in [0.29, 0.717) is 34.8 Å². The second kappa shape index (κ2) is 10.1. The predicted octanol–water partition coefficient (Wildman–Crippen LogP) is 5.04. The first-order valence-corrected chi connectivity index (χ1v) is 13.5. The topological polar surface area (TPSA) is 89.5 Å². The molecule has 7 heteroatoms. The van der Waals surface area contributed by atoms with Gasteiger partial charge in [0.25, 0.3) is 5.91 Å². The Balaban J connectivity index is 1.26. The number of rotatable bonds is 6. The van der Waals surface area contributed by atoms with Gasteiger partial charge >= 0.3 is 5.97 Å². The molecule has 0 radical (unpaired) electrons. The number of ether oxygens (including phenoxy) is 1. The Labute approximate surface area is 209 Å². The van der Waals surface area contributed by atoms with Gasteiger partial charge in [-0.05, 0) is 63.9 Å². The lowest BCUT2D eigenvalue weighted by Gasteiger charge is -2.36. The fraction of sp³-hybridized carbons (Fsp3) is 0.500. The molecule has 2 saturated carbocycles. The zero-order chi connectivity index (χ0) is 24.5. The van der Waals surface area contributed by atoms with Gasteiger partial charge in [0.1, 0.15) is 10.8 Å². The van der Waals surface area contributed by atoms with Crippen molar-refractivity contribution in [3.63, 3.8) is 0 Å². The number of hydrogen-bond donors (Lipinski definition) is 1. The molecule has 1 N–H and O–H groups in total. The number of esters is 1. The van der Waals surface area contributed by atoms with Crippen molar-refractivity contribution in [2.45, 2.75) is 64.7 Å². The van der Waals surface area contributed by atoms with E-state index in [1.54, 1.807) is 0 Å². The molecule has 0 spiro atoms. The van der Waals surface area contributed by atoms with Crippen molar-refractivity contribution in [3.8, 4) is 0 Å². The Kier molecular flexibility index (Phi) is 6.87. The summed E-state index contributed by atoms with van der Waals surface area (Å²) in [4.78, 5) is 52.3. The van der Waals surface area contributed by atoms with Gasteiger partial charge in [-0.2, -0.15) is 0 Å². The van der Waals surface area contributed by atoms with Gasteiger partial charge in [0, 0.05) is 22.3 Å². The van der Waals surface area contributed by atoms with Gasteiger partial charge in [-0.25, -0.2) is 0 Å². The van der Waals surface area contributed by atoms with Gasteiger partial charge in [-0.3, -0.25) is 19.2 Å². The van der Waals surface area contributed by atoms with Crippen LogP contribution in [0.15, 0.2) is 24.3 Å². The van der Waals surface area contributed by atoms with Crippen LogP contribution in [0, 0.1) is 24.7 Å². The number of benzene rings is 1. The Morgan fingerprint density at radius 3 is 2.40 bits per heavy atom. The number of amides is 1. The first-order chi connectivity index (χ1) is 16.9. The van der Waals surface area contributed by atoms with Crippen molar-refractivity contribution in [3.05, 3.63) is 51.4 Å². The highest BCUT2D eigenvalue weighted by Gasteiger charge is 2.42. The largest absolute Gasteiger partial charge is 0.455 e. The number of ketones is 2. The van der Waals surface area contributed by atoms with Gasteiger partial charge in [0.15, 0.2) is 12.4 Å². The molecule has 2 atom stereocenters. The third-order valence-corrected chi connectivity index (χ3v) is 8.90. The molecule has 6 nitrogen and oxygen atoms in total. The Bertz CT molecular complexity index is 1150. The highest BCUT2D eigenvalue weighted by atomic mass is 32.1. The van der Waals surface area contributed by atoms with Crippen LogP contribution >= 0.6 is 11.3 Å². The van der Waals surface area contributed by atoms with Gasteiger partial charge in [-0.15, -0.1) is 11.3 Å². The molecule has 2 fully saturated rings. The summed E-state index contributed by atoms with van der Waals surface area (Å²) in [6, 6.07) is 7.47. The molecule has 35 heavy (non-hydrogen) atoms. The summed E-state index contributed by atoms with van der Waals surface area (Å²) in [6.45, 7) is 1.59. The van der Waals surface area contributed by atoms with E-state index < -0.39 is 11.9 Å².